The lowest BCUT2D eigenvalue weighted by Crippen LogP contribution is -2.49. The number of pyridine rings is 2. The summed E-state index contributed by atoms with van der Waals surface area (Å²) in [6, 6.07) is 7.54. The lowest BCUT2D eigenvalue weighted by atomic mass is 10.1. The van der Waals surface area contributed by atoms with E-state index in [0.717, 1.165) is 18.0 Å². The summed E-state index contributed by atoms with van der Waals surface area (Å²) in [7, 11) is -2.69. The molecule has 6 rings (SSSR count). The first-order valence-electron chi connectivity index (χ1n) is 11.0. The fraction of sp³-hybridized carbons (Fsp3) is 0.304. The maximum absolute atomic E-state index is 13.6. The predicted molar refractivity (Wildman–Crippen MR) is 122 cm³/mol. The van der Waals surface area contributed by atoms with Crippen LogP contribution in [0.2, 0.25) is 6.04 Å². The minimum atomic E-state index is -2.80. The van der Waals surface area contributed by atoms with Gasteiger partial charge in [0.25, 0.3) is 6.43 Å². The van der Waals surface area contributed by atoms with Crippen LogP contribution in [0.25, 0.3) is 33.3 Å². The first kappa shape index (κ1) is 21.3. The van der Waals surface area contributed by atoms with Crippen molar-refractivity contribution >= 4 is 47.1 Å². The Morgan fingerprint density at radius 2 is 2.03 bits per heavy atom. The lowest BCUT2D eigenvalue weighted by Gasteiger charge is -2.16. The lowest BCUT2D eigenvalue weighted by molar-refractivity contribution is -0.117. The van der Waals surface area contributed by atoms with Gasteiger partial charge in [-0.3, -0.25) is 9.78 Å². The smallest absolute Gasteiger partial charge is 0.281 e. The Morgan fingerprint density at radius 1 is 1.18 bits per heavy atom. The molecule has 11 heteroatoms. The summed E-state index contributed by atoms with van der Waals surface area (Å²) >= 11 is 0. The number of amides is 1. The minimum absolute atomic E-state index is 0.0269. The summed E-state index contributed by atoms with van der Waals surface area (Å²) in [5.74, 6) is 0.308. The van der Waals surface area contributed by atoms with Crippen molar-refractivity contribution in [2.75, 3.05) is 18.2 Å². The second-order valence-electron chi connectivity index (χ2n) is 8.77. The highest BCUT2D eigenvalue weighted by atomic mass is 28.4. The van der Waals surface area contributed by atoms with Gasteiger partial charge >= 0.3 is 0 Å². The topological polar surface area (TPSA) is 110 Å². The summed E-state index contributed by atoms with van der Waals surface area (Å²) in [5.41, 5.74) is 1.04. The van der Waals surface area contributed by atoms with Crippen LogP contribution >= 0.6 is 0 Å². The fourth-order valence-electron chi connectivity index (χ4n) is 4.25. The molecule has 0 radical (unpaired) electrons. The van der Waals surface area contributed by atoms with Crippen LogP contribution in [-0.4, -0.2) is 46.8 Å². The van der Waals surface area contributed by atoms with Crippen molar-refractivity contribution in [3.63, 3.8) is 0 Å². The largest absolute Gasteiger partial charge is 0.436 e. The van der Waals surface area contributed by atoms with Gasteiger partial charge in [-0.25, -0.2) is 18.7 Å². The van der Waals surface area contributed by atoms with Gasteiger partial charge in [-0.2, -0.15) is 0 Å². The molecule has 3 aromatic heterocycles. The van der Waals surface area contributed by atoms with Crippen LogP contribution in [-0.2, 0) is 9.53 Å². The number of alkyl halides is 2. The summed E-state index contributed by atoms with van der Waals surface area (Å²) in [6.07, 6.45) is 1.80. The van der Waals surface area contributed by atoms with Gasteiger partial charge in [-0.1, -0.05) is 6.07 Å². The first-order valence-corrected chi connectivity index (χ1v) is 13.4. The number of carbonyl (C=O) groups is 1. The number of hydrogen-bond acceptors (Lipinski definition) is 7. The third-order valence-corrected chi connectivity index (χ3v) is 9.46. The van der Waals surface area contributed by atoms with E-state index in [1.807, 2.05) is 6.07 Å². The molecule has 1 atom stereocenters. The van der Waals surface area contributed by atoms with E-state index in [4.69, 9.17) is 9.15 Å². The SMILES string of the molecule is O=C(Nc1cc2c(-c3nc4ccc([Si@@]5(O)CCOC5)cc4o3)cnc(C(F)F)c2cn1)C1CC1. The molecule has 1 aliphatic carbocycles. The van der Waals surface area contributed by atoms with E-state index in [1.54, 1.807) is 18.2 Å². The third-order valence-electron chi connectivity index (χ3n) is 6.37. The minimum Gasteiger partial charge on any atom is -0.436 e. The molecule has 1 amide bonds. The Kier molecular flexibility index (Phi) is 4.94. The number of nitrogens with zero attached hydrogens (tertiary/aromatic N) is 3. The van der Waals surface area contributed by atoms with Gasteiger partial charge in [-0.05, 0) is 42.3 Å². The highest BCUT2D eigenvalue weighted by Gasteiger charge is 2.38. The molecule has 4 aromatic rings. The van der Waals surface area contributed by atoms with Gasteiger partial charge < -0.3 is 19.3 Å². The number of hydrogen-bond donors (Lipinski definition) is 2. The molecule has 0 unspecified atom stereocenters. The van der Waals surface area contributed by atoms with Gasteiger partial charge in [0.05, 0.1) is 11.8 Å². The average Bonchev–Trinajstić information content (AvgIpc) is 3.45. The summed E-state index contributed by atoms with van der Waals surface area (Å²) in [5, 5.41) is 4.10. The number of anilines is 1. The Hall–Kier alpha value is -3.28. The monoisotopic (exact) mass is 482 g/mol. The second-order valence-corrected chi connectivity index (χ2v) is 12.2. The molecule has 1 aromatic carbocycles. The van der Waals surface area contributed by atoms with E-state index in [1.165, 1.54) is 12.4 Å². The number of ether oxygens (including phenoxy) is 1. The number of oxazole rings is 1. The molecule has 1 saturated heterocycles. The highest BCUT2D eigenvalue weighted by molar-refractivity contribution is 6.86. The molecule has 1 saturated carbocycles. The maximum Gasteiger partial charge on any atom is 0.281 e. The number of rotatable bonds is 5. The maximum atomic E-state index is 13.6. The molecule has 2 aliphatic rings. The number of fused-ring (bicyclic) bond motifs is 2. The van der Waals surface area contributed by atoms with E-state index in [9.17, 15) is 18.4 Å². The van der Waals surface area contributed by atoms with E-state index >= 15 is 0 Å². The zero-order chi connectivity index (χ0) is 23.4. The fourth-order valence-corrected chi connectivity index (χ4v) is 6.61. The van der Waals surface area contributed by atoms with Crippen LogP contribution < -0.4 is 10.5 Å². The number of nitrogens with one attached hydrogen (secondary N) is 1. The van der Waals surface area contributed by atoms with E-state index in [2.05, 4.69) is 20.3 Å². The van der Waals surface area contributed by atoms with Crippen molar-refractivity contribution in [2.24, 2.45) is 5.92 Å². The van der Waals surface area contributed by atoms with Crippen molar-refractivity contribution < 1.29 is 27.5 Å². The molecule has 2 N–H and O–H groups in total. The van der Waals surface area contributed by atoms with Gasteiger partial charge in [-0.15, -0.1) is 0 Å². The molecular formula is C23H20F2N4O4Si. The third kappa shape index (κ3) is 3.65. The van der Waals surface area contributed by atoms with Crippen LogP contribution in [0.15, 0.2) is 41.1 Å². The highest BCUT2D eigenvalue weighted by Crippen LogP contribution is 2.36. The number of carbonyl (C=O) groups excluding carboxylic acids is 1. The predicted octanol–water partition coefficient (Wildman–Crippen LogP) is 3.44. The molecular weight excluding hydrogens is 462 g/mol. The van der Waals surface area contributed by atoms with Crippen LogP contribution in [0.3, 0.4) is 0 Å². The van der Waals surface area contributed by atoms with Crippen molar-refractivity contribution in [2.45, 2.75) is 25.3 Å². The molecule has 0 bridgehead atoms. The molecule has 0 spiro atoms. The molecule has 174 valence electrons. The summed E-state index contributed by atoms with van der Waals surface area (Å²) in [6.45, 7) is 0.532. The quantitative estimate of drug-likeness (QED) is 0.419. The van der Waals surface area contributed by atoms with Gasteiger partial charge in [0.15, 0.2) is 5.58 Å². The normalized spacial score (nSPS) is 20.5. The molecule has 4 heterocycles. The number of halogens is 2. The Labute approximate surface area is 193 Å². The van der Waals surface area contributed by atoms with Gasteiger partial charge in [0, 0.05) is 35.7 Å². The molecule has 8 nitrogen and oxygen atoms in total. The Bertz CT molecular complexity index is 1430. The van der Waals surface area contributed by atoms with Crippen LogP contribution in [0.4, 0.5) is 14.6 Å². The van der Waals surface area contributed by atoms with Crippen molar-refractivity contribution in [1.29, 1.82) is 0 Å². The van der Waals surface area contributed by atoms with Crippen LogP contribution in [0.1, 0.15) is 25.0 Å². The van der Waals surface area contributed by atoms with Gasteiger partial charge in [0.2, 0.25) is 20.1 Å². The van der Waals surface area contributed by atoms with Crippen LogP contribution in [0.5, 0.6) is 0 Å². The molecule has 1 aliphatic heterocycles. The first-order chi connectivity index (χ1) is 16.4. The Balaban J connectivity index is 1.45. The Morgan fingerprint density at radius 3 is 2.76 bits per heavy atom. The van der Waals surface area contributed by atoms with Crippen molar-refractivity contribution in [3.05, 3.63) is 42.4 Å². The van der Waals surface area contributed by atoms with E-state index in [-0.39, 0.29) is 28.9 Å². The zero-order valence-corrected chi connectivity index (χ0v) is 18.9. The number of benzene rings is 1. The zero-order valence-electron chi connectivity index (χ0n) is 17.9. The van der Waals surface area contributed by atoms with Crippen molar-refractivity contribution in [1.82, 2.24) is 15.0 Å². The standard InChI is InChI=1S/C23H20F2N4O4Si/c24-21(25)20-15-9-26-19(29-22(30)12-1-2-12)8-14(15)16(10-27-20)23-28-17-4-3-13(7-18(17)33-23)34(31)6-5-32-11-34/h3-4,7-10,12,21,31H,1-2,5-6,11H2,(H,26,29,30)/t34-/m1/s1. The van der Waals surface area contributed by atoms with E-state index < -0.39 is 20.4 Å². The summed E-state index contributed by atoms with van der Waals surface area (Å²) in [4.78, 5) is 35.8. The number of aromatic nitrogens is 3. The second kappa shape index (κ2) is 7.89. The van der Waals surface area contributed by atoms with E-state index in [0.29, 0.717) is 40.9 Å². The molecule has 34 heavy (non-hydrogen) atoms. The average molecular weight is 483 g/mol. The van der Waals surface area contributed by atoms with Gasteiger partial charge in [0.1, 0.15) is 17.0 Å². The molecule has 2 fully saturated rings. The summed E-state index contributed by atoms with van der Waals surface area (Å²) < 4.78 is 38.6. The van der Waals surface area contributed by atoms with Crippen LogP contribution in [0, 0.1) is 5.92 Å². The van der Waals surface area contributed by atoms with Crippen molar-refractivity contribution in [3.8, 4) is 11.5 Å².